The van der Waals surface area contributed by atoms with E-state index in [0.29, 0.717) is 6.41 Å². The van der Waals surface area contributed by atoms with E-state index in [1.165, 1.54) is 5.19 Å². The van der Waals surface area contributed by atoms with Crippen molar-refractivity contribution in [3.8, 4) is 0 Å². The summed E-state index contributed by atoms with van der Waals surface area (Å²) in [6.07, 6.45) is 2.41. The molecule has 0 fully saturated rings. The molecule has 0 aliphatic carbocycles. The van der Waals surface area contributed by atoms with E-state index in [1.54, 1.807) is 6.20 Å². The van der Waals surface area contributed by atoms with E-state index in [9.17, 15) is 4.79 Å². The quantitative estimate of drug-likeness (QED) is 0.584. The van der Waals surface area contributed by atoms with Crippen molar-refractivity contribution in [1.29, 1.82) is 0 Å². The van der Waals surface area contributed by atoms with E-state index in [-0.39, 0.29) is 0 Å². The van der Waals surface area contributed by atoms with Crippen molar-refractivity contribution in [2.75, 3.05) is 0 Å². The van der Waals surface area contributed by atoms with Crippen molar-refractivity contribution in [3.05, 3.63) is 42.2 Å². The first-order chi connectivity index (χ1) is 6.67. The molecule has 0 spiro atoms. The van der Waals surface area contributed by atoms with Crippen LogP contribution in [-0.2, 0) is 4.79 Å². The Bertz CT molecular complexity index is 319. The summed E-state index contributed by atoms with van der Waals surface area (Å²) in [6.45, 7) is 4.48. The van der Waals surface area contributed by atoms with Gasteiger partial charge in [-0.15, -0.1) is 0 Å². The minimum atomic E-state index is -1.52. The molecule has 1 rings (SSSR count). The third kappa shape index (κ3) is 2.85. The maximum atomic E-state index is 10.1. The lowest BCUT2D eigenvalue weighted by Gasteiger charge is -2.17. The molecule has 1 aromatic carbocycles. The zero-order valence-electron chi connectivity index (χ0n) is 8.53. The Hall–Kier alpha value is -1.35. The molecule has 0 aliphatic rings. The Balaban J connectivity index is 2.80. The largest absolute Gasteiger partial charge is 0.336 e. The molecule has 1 amide bonds. The standard InChI is InChI=1S/C11H15NOSi/c1-14(2,9-8-12-10-13)11-6-4-3-5-7-11/h3-10H,1-2H3,(H,12,13)/b9-8+. The summed E-state index contributed by atoms with van der Waals surface area (Å²) in [5.74, 6) is 0. The van der Waals surface area contributed by atoms with E-state index in [4.69, 9.17) is 0 Å². The molecule has 0 radical (unpaired) electrons. The van der Waals surface area contributed by atoms with Gasteiger partial charge in [-0.1, -0.05) is 54.3 Å². The number of hydrogen-bond acceptors (Lipinski definition) is 1. The van der Waals surface area contributed by atoms with Gasteiger partial charge in [-0.25, -0.2) is 0 Å². The fraction of sp³-hybridized carbons (Fsp3) is 0.182. The Kier molecular flexibility index (Phi) is 3.65. The van der Waals surface area contributed by atoms with Crippen molar-refractivity contribution in [2.24, 2.45) is 0 Å². The second-order valence-corrected chi connectivity index (χ2v) is 8.06. The predicted molar refractivity (Wildman–Crippen MR) is 61.9 cm³/mol. The third-order valence-corrected chi connectivity index (χ3v) is 5.00. The average Bonchev–Trinajstić information content (AvgIpc) is 2.19. The van der Waals surface area contributed by atoms with Gasteiger partial charge in [-0.05, 0) is 6.20 Å². The Labute approximate surface area is 85.7 Å². The van der Waals surface area contributed by atoms with Crippen LogP contribution < -0.4 is 10.5 Å². The molecule has 0 saturated carbocycles. The molecular weight excluding hydrogens is 190 g/mol. The summed E-state index contributed by atoms with van der Waals surface area (Å²) in [7, 11) is -1.52. The first-order valence-corrected chi connectivity index (χ1v) is 7.67. The van der Waals surface area contributed by atoms with Gasteiger partial charge >= 0.3 is 0 Å². The summed E-state index contributed by atoms with van der Waals surface area (Å²) in [4.78, 5) is 10.1. The zero-order valence-corrected chi connectivity index (χ0v) is 9.53. The van der Waals surface area contributed by atoms with Crippen LogP contribution in [0, 0.1) is 0 Å². The molecule has 74 valence electrons. The van der Waals surface area contributed by atoms with Gasteiger partial charge in [0.15, 0.2) is 0 Å². The van der Waals surface area contributed by atoms with Crippen LogP contribution in [0.3, 0.4) is 0 Å². The maximum Gasteiger partial charge on any atom is 0.211 e. The van der Waals surface area contributed by atoms with E-state index < -0.39 is 8.07 Å². The molecule has 1 N–H and O–H groups in total. The predicted octanol–water partition coefficient (Wildman–Crippen LogP) is 1.40. The lowest BCUT2D eigenvalue weighted by Crippen LogP contribution is -2.39. The van der Waals surface area contributed by atoms with Gasteiger partial charge in [0, 0.05) is 0 Å². The highest BCUT2D eigenvalue weighted by Gasteiger charge is 2.18. The Morgan fingerprint density at radius 1 is 1.21 bits per heavy atom. The van der Waals surface area contributed by atoms with Gasteiger partial charge in [0.25, 0.3) is 0 Å². The van der Waals surface area contributed by atoms with Crippen molar-refractivity contribution >= 4 is 19.7 Å². The van der Waals surface area contributed by atoms with E-state index in [1.807, 2.05) is 18.2 Å². The fourth-order valence-corrected chi connectivity index (χ4v) is 3.02. The maximum absolute atomic E-state index is 10.1. The highest BCUT2D eigenvalue weighted by Crippen LogP contribution is 2.03. The summed E-state index contributed by atoms with van der Waals surface area (Å²) in [5, 5.41) is 3.91. The molecule has 0 bridgehead atoms. The number of amides is 1. The summed E-state index contributed by atoms with van der Waals surface area (Å²) >= 11 is 0. The van der Waals surface area contributed by atoms with Gasteiger partial charge in [-0.3, -0.25) is 4.79 Å². The molecule has 0 aromatic heterocycles. The van der Waals surface area contributed by atoms with Crippen LogP contribution in [0.1, 0.15) is 0 Å². The van der Waals surface area contributed by atoms with Gasteiger partial charge < -0.3 is 5.32 Å². The Morgan fingerprint density at radius 2 is 1.86 bits per heavy atom. The van der Waals surface area contributed by atoms with Crippen LogP contribution in [0.15, 0.2) is 42.2 Å². The molecule has 14 heavy (non-hydrogen) atoms. The van der Waals surface area contributed by atoms with Crippen LogP contribution in [0.25, 0.3) is 0 Å². The first-order valence-electron chi connectivity index (χ1n) is 4.60. The molecule has 0 saturated heterocycles. The molecule has 2 nitrogen and oxygen atoms in total. The SMILES string of the molecule is C[Si](C)(/C=C/NC=O)c1ccccc1. The highest BCUT2D eigenvalue weighted by atomic mass is 28.3. The smallest absolute Gasteiger partial charge is 0.211 e. The van der Waals surface area contributed by atoms with E-state index >= 15 is 0 Å². The number of rotatable bonds is 4. The molecule has 0 heterocycles. The van der Waals surface area contributed by atoms with Gasteiger partial charge in [-0.2, -0.15) is 0 Å². The van der Waals surface area contributed by atoms with Gasteiger partial charge in [0.2, 0.25) is 6.41 Å². The van der Waals surface area contributed by atoms with E-state index in [2.05, 4.69) is 36.2 Å². The third-order valence-electron chi connectivity index (χ3n) is 2.18. The molecule has 3 heteroatoms. The van der Waals surface area contributed by atoms with Crippen LogP contribution in [-0.4, -0.2) is 14.5 Å². The number of carbonyl (C=O) groups is 1. The van der Waals surface area contributed by atoms with Crippen LogP contribution in [0.2, 0.25) is 13.1 Å². The second-order valence-electron chi connectivity index (χ2n) is 3.71. The topological polar surface area (TPSA) is 29.1 Å². The molecular formula is C11H15NOSi. The molecule has 0 unspecified atom stereocenters. The second kappa shape index (κ2) is 4.76. The monoisotopic (exact) mass is 205 g/mol. The summed E-state index contributed by atoms with van der Waals surface area (Å²) in [5.41, 5.74) is 2.11. The first kappa shape index (κ1) is 10.7. The fourth-order valence-electron chi connectivity index (χ4n) is 1.26. The molecule has 0 aliphatic heterocycles. The van der Waals surface area contributed by atoms with Gasteiger partial charge in [0.05, 0.1) is 0 Å². The zero-order chi connectivity index (χ0) is 10.4. The Morgan fingerprint density at radius 3 is 2.43 bits per heavy atom. The van der Waals surface area contributed by atoms with E-state index in [0.717, 1.165) is 0 Å². The van der Waals surface area contributed by atoms with Crippen LogP contribution >= 0.6 is 0 Å². The average molecular weight is 205 g/mol. The lowest BCUT2D eigenvalue weighted by atomic mass is 10.4. The lowest BCUT2D eigenvalue weighted by molar-refractivity contribution is -0.108. The minimum Gasteiger partial charge on any atom is -0.336 e. The summed E-state index contributed by atoms with van der Waals surface area (Å²) < 4.78 is 0. The van der Waals surface area contributed by atoms with Crippen LogP contribution in [0.5, 0.6) is 0 Å². The number of carbonyl (C=O) groups excluding carboxylic acids is 1. The van der Waals surface area contributed by atoms with Crippen molar-refractivity contribution in [1.82, 2.24) is 5.32 Å². The van der Waals surface area contributed by atoms with Crippen molar-refractivity contribution < 1.29 is 4.79 Å². The highest BCUT2D eigenvalue weighted by molar-refractivity contribution is 6.93. The molecule has 1 aromatic rings. The normalized spacial score (nSPS) is 11.6. The number of benzene rings is 1. The van der Waals surface area contributed by atoms with Crippen molar-refractivity contribution in [3.63, 3.8) is 0 Å². The number of hydrogen-bond donors (Lipinski definition) is 1. The van der Waals surface area contributed by atoms with Crippen molar-refractivity contribution in [2.45, 2.75) is 13.1 Å². The summed E-state index contributed by atoms with van der Waals surface area (Å²) in [6, 6.07) is 10.4. The minimum absolute atomic E-state index is 0.686. The van der Waals surface area contributed by atoms with Gasteiger partial charge in [0.1, 0.15) is 8.07 Å². The van der Waals surface area contributed by atoms with Crippen LogP contribution in [0.4, 0.5) is 0 Å². The number of nitrogens with one attached hydrogen (secondary N) is 1. The molecule has 0 atom stereocenters.